The lowest BCUT2D eigenvalue weighted by Crippen LogP contribution is -2.14. The van der Waals surface area contributed by atoms with E-state index in [-0.39, 0.29) is 16.3 Å². The van der Waals surface area contributed by atoms with Crippen molar-refractivity contribution in [2.45, 2.75) is 0 Å². The Morgan fingerprint density at radius 3 is 2.76 bits per heavy atom. The number of hydrogen-bond acceptors (Lipinski definition) is 4. The molecule has 0 spiro atoms. The van der Waals surface area contributed by atoms with Crippen LogP contribution >= 0.6 is 11.6 Å². The highest BCUT2D eigenvalue weighted by Crippen LogP contribution is 2.27. The summed E-state index contributed by atoms with van der Waals surface area (Å²) in [6.45, 7) is 0. The number of nitriles is 1. The van der Waals surface area contributed by atoms with Crippen LogP contribution in [0.1, 0.15) is 15.9 Å². The molecule has 0 aliphatic heterocycles. The average Bonchev–Trinajstić information content (AvgIpc) is 2.49. The first kappa shape index (κ1) is 14.7. The molecule has 3 N–H and O–H groups in total. The van der Waals surface area contributed by atoms with E-state index in [1.54, 1.807) is 30.3 Å². The van der Waals surface area contributed by atoms with Crippen LogP contribution < -0.4 is 15.8 Å². The van der Waals surface area contributed by atoms with E-state index in [4.69, 9.17) is 27.3 Å². The maximum atomic E-state index is 12.2. The Morgan fingerprint density at radius 1 is 1.38 bits per heavy atom. The van der Waals surface area contributed by atoms with E-state index in [0.717, 1.165) is 0 Å². The molecule has 5 nitrogen and oxygen atoms in total. The van der Waals surface area contributed by atoms with E-state index in [1.807, 2.05) is 6.07 Å². The van der Waals surface area contributed by atoms with Gasteiger partial charge in [-0.15, -0.1) is 0 Å². The van der Waals surface area contributed by atoms with Crippen LogP contribution in [0.2, 0.25) is 5.02 Å². The molecule has 21 heavy (non-hydrogen) atoms. The van der Waals surface area contributed by atoms with Crippen molar-refractivity contribution < 1.29 is 9.53 Å². The first-order chi connectivity index (χ1) is 10.1. The van der Waals surface area contributed by atoms with Gasteiger partial charge in [0.2, 0.25) is 0 Å². The molecule has 0 radical (unpaired) electrons. The average molecular weight is 302 g/mol. The van der Waals surface area contributed by atoms with Crippen LogP contribution in [0, 0.1) is 11.3 Å². The molecular formula is C15H12ClN3O2. The number of carbonyl (C=O) groups is 1. The van der Waals surface area contributed by atoms with E-state index >= 15 is 0 Å². The lowest BCUT2D eigenvalue weighted by atomic mass is 10.1. The Balaban J connectivity index is 2.29. The number of nitrogens with one attached hydrogen (secondary N) is 1. The van der Waals surface area contributed by atoms with Crippen LogP contribution in [0.4, 0.5) is 11.4 Å². The minimum Gasteiger partial charge on any atom is -0.495 e. The molecule has 2 rings (SSSR count). The van der Waals surface area contributed by atoms with Crippen molar-refractivity contribution in [3.63, 3.8) is 0 Å². The fourth-order valence-electron chi connectivity index (χ4n) is 1.80. The van der Waals surface area contributed by atoms with Gasteiger partial charge in [0, 0.05) is 0 Å². The van der Waals surface area contributed by atoms with Crippen LogP contribution in [-0.2, 0) is 0 Å². The van der Waals surface area contributed by atoms with Crippen molar-refractivity contribution in [1.29, 1.82) is 5.26 Å². The van der Waals surface area contributed by atoms with Gasteiger partial charge in [-0.2, -0.15) is 5.26 Å². The molecular weight excluding hydrogens is 290 g/mol. The number of ether oxygens (including phenoxy) is 1. The molecule has 0 saturated heterocycles. The molecule has 0 aliphatic carbocycles. The van der Waals surface area contributed by atoms with Crippen molar-refractivity contribution in [1.82, 2.24) is 0 Å². The van der Waals surface area contributed by atoms with Crippen molar-refractivity contribution in [3.8, 4) is 11.8 Å². The van der Waals surface area contributed by atoms with E-state index in [9.17, 15) is 4.79 Å². The monoisotopic (exact) mass is 301 g/mol. The third kappa shape index (κ3) is 3.07. The summed E-state index contributed by atoms with van der Waals surface area (Å²) in [5.41, 5.74) is 7.23. The molecule has 0 bridgehead atoms. The van der Waals surface area contributed by atoms with Gasteiger partial charge in [-0.1, -0.05) is 17.7 Å². The highest BCUT2D eigenvalue weighted by atomic mass is 35.5. The Hall–Kier alpha value is -2.71. The minimum atomic E-state index is -0.405. The maximum Gasteiger partial charge on any atom is 0.257 e. The number of hydrogen-bond donors (Lipinski definition) is 2. The topological polar surface area (TPSA) is 88.1 Å². The first-order valence-corrected chi connectivity index (χ1v) is 6.38. The quantitative estimate of drug-likeness (QED) is 0.853. The first-order valence-electron chi connectivity index (χ1n) is 6.00. The van der Waals surface area contributed by atoms with Crippen LogP contribution in [0.5, 0.6) is 5.75 Å². The zero-order valence-electron chi connectivity index (χ0n) is 11.2. The predicted octanol–water partition coefficient (Wildman–Crippen LogP) is 3.05. The lowest BCUT2D eigenvalue weighted by Gasteiger charge is -2.11. The molecule has 0 saturated carbocycles. The predicted molar refractivity (Wildman–Crippen MR) is 81.5 cm³/mol. The normalized spacial score (nSPS) is 9.76. The number of methoxy groups -OCH3 is 1. The highest BCUT2D eigenvalue weighted by molar-refractivity contribution is 6.34. The number of benzene rings is 2. The van der Waals surface area contributed by atoms with Gasteiger partial charge in [0.1, 0.15) is 5.75 Å². The fraction of sp³-hybridized carbons (Fsp3) is 0.0667. The van der Waals surface area contributed by atoms with Gasteiger partial charge >= 0.3 is 0 Å². The Morgan fingerprint density at radius 2 is 2.14 bits per heavy atom. The third-order valence-corrected chi connectivity index (χ3v) is 3.19. The number of nitrogens with two attached hydrogens (primary N) is 1. The number of para-hydroxylation sites is 1. The molecule has 0 heterocycles. The standard InChI is InChI=1S/C15H12ClN3O2/c1-21-13-4-2-3-10(14(13)18)15(20)19-12-6-5-9(8-17)7-11(12)16/h2-7H,18H2,1H3,(H,19,20). The van der Waals surface area contributed by atoms with Gasteiger partial charge in [0.15, 0.2) is 0 Å². The van der Waals surface area contributed by atoms with E-state index in [1.165, 1.54) is 13.2 Å². The van der Waals surface area contributed by atoms with Crippen molar-refractivity contribution >= 4 is 28.9 Å². The summed E-state index contributed by atoms with van der Waals surface area (Å²) in [5.74, 6) is 0.0200. The number of carbonyl (C=O) groups excluding carboxylic acids is 1. The fourth-order valence-corrected chi connectivity index (χ4v) is 2.02. The number of nitrogens with zero attached hydrogens (tertiary/aromatic N) is 1. The van der Waals surface area contributed by atoms with Gasteiger partial charge in [0.25, 0.3) is 5.91 Å². The molecule has 0 atom stereocenters. The van der Waals surface area contributed by atoms with Gasteiger partial charge in [-0.05, 0) is 30.3 Å². The maximum absolute atomic E-state index is 12.2. The zero-order chi connectivity index (χ0) is 15.4. The van der Waals surface area contributed by atoms with Gasteiger partial charge in [-0.3, -0.25) is 4.79 Å². The molecule has 0 aliphatic rings. The molecule has 2 aromatic rings. The third-order valence-electron chi connectivity index (χ3n) is 2.88. The lowest BCUT2D eigenvalue weighted by molar-refractivity contribution is 0.102. The Bertz CT molecular complexity index is 738. The number of anilines is 2. The summed E-state index contributed by atoms with van der Waals surface area (Å²) < 4.78 is 5.07. The van der Waals surface area contributed by atoms with Crippen LogP contribution in [-0.4, -0.2) is 13.0 Å². The molecule has 106 valence electrons. The Kier molecular flexibility index (Phi) is 4.31. The van der Waals surface area contributed by atoms with E-state index in [2.05, 4.69) is 5.32 Å². The van der Waals surface area contributed by atoms with E-state index in [0.29, 0.717) is 17.0 Å². The summed E-state index contributed by atoms with van der Waals surface area (Å²) in [6, 6.07) is 11.5. The van der Waals surface area contributed by atoms with Gasteiger partial charge < -0.3 is 15.8 Å². The van der Waals surface area contributed by atoms with Crippen molar-refractivity contribution in [2.75, 3.05) is 18.2 Å². The van der Waals surface area contributed by atoms with Gasteiger partial charge in [-0.25, -0.2) is 0 Å². The highest BCUT2D eigenvalue weighted by Gasteiger charge is 2.14. The second kappa shape index (κ2) is 6.16. The second-order valence-corrected chi connectivity index (χ2v) is 4.59. The SMILES string of the molecule is COc1cccc(C(=O)Nc2ccc(C#N)cc2Cl)c1N. The number of nitrogen functional groups attached to an aromatic ring is 1. The zero-order valence-corrected chi connectivity index (χ0v) is 11.9. The van der Waals surface area contributed by atoms with Crippen LogP contribution in [0.25, 0.3) is 0 Å². The van der Waals surface area contributed by atoms with Crippen LogP contribution in [0.15, 0.2) is 36.4 Å². The molecule has 0 unspecified atom stereocenters. The molecule has 6 heteroatoms. The molecule has 0 aromatic heterocycles. The summed E-state index contributed by atoms with van der Waals surface area (Å²) in [4.78, 5) is 12.2. The molecule has 2 aromatic carbocycles. The van der Waals surface area contributed by atoms with Crippen molar-refractivity contribution in [3.05, 3.63) is 52.5 Å². The second-order valence-electron chi connectivity index (χ2n) is 4.18. The number of rotatable bonds is 3. The van der Waals surface area contributed by atoms with Crippen LogP contribution in [0.3, 0.4) is 0 Å². The molecule has 1 amide bonds. The summed E-state index contributed by atoms with van der Waals surface area (Å²) >= 11 is 6.02. The summed E-state index contributed by atoms with van der Waals surface area (Å²) in [7, 11) is 1.48. The van der Waals surface area contributed by atoms with Crippen molar-refractivity contribution in [2.24, 2.45) is 0 Å². The summed E-state index contributed by atoms with van der Waals surface area (Å²) in [6.07, 6.45) is 0. The minimum absolute atomic E-state index is 0.252. The number of halogens is 1. The summed E-state index contributed by atoms with van der Waals surface area (Å²) in [5, 5.41) is 11.7. The number of amides is 1. The molecule has 0 fully saturated rings. The largest absolute Gasteiger partial charge is 0.495 e. The van der Waals surface area contributed by atoms with Gasteiger partial charge in [0.05, 0.1) is 40.7 Å². The Labute approximate surface area is 126 Å². The smallest absolute Gasteiger partial charge is 0.257 e. The van der Waals surface area contributed by atoms with E-state index < -0.39 is 5.91 Å².